The zero-order chi connectivity index (χ0) is 17.6. The number of hydrogen-bond acceptors (Lipinski definition) is 4. The molecular weight excluding hydrogens is 329 g/mol. The van der Waals surface area contributed by atoms with Gasteiger partial charge in [-0.2, -0.15) is 9.57 Å². The molecule has 0 N–H and O–H groups in total. The summed E-state index contributed by atoms with van der Waals surface area (Å²) in [5.74, 6) is -0.834. The van der Waals surface area contributed by atoms with Gasteiger partial charge in [0.1, 0.15) is 22.3 Å². The molecule has 5 nitrogen and oxygen atoms in total. The molecule has 0 aliphatic carbocycles. The molecule has 0 spiro atoms. The fourth-order valence-corrected chi connectivity index (χ4v) is 4.04. The molecule has 0 fully saturated rings. The maximum Gasteiger partial charge on any atom is 0.244 e. The van der Waals surface area contributed by atoms with Crippen LogP contribution in [0.2, 0.25) is 0 Å². The van der Waals surface area contributed by atoms with Gasteiger partial charge in [0, 0.05) is 31.4 Å². The normalized spacial score (nSPS) is 11.4. The predicted octanol–water partition coefficient (Wildman–Crippen LogP) is 2.74. The quantitative estimate of drug-likeness (QED) is 0.772. The van der Waals surface area contributed by atoms with Crippen molar-refractivity contribution >= 4 is 10.0 Å². The van der Waals surface area contributed by atoms with Crippen LogP contribution in [-0.2, 0) is 16.4 Å². The highest BCUT2D eigenvalue weighted by molar-refractivity contribution is 7.89. The van der Waals surface area contributed by atoms with Crippen LogP contribution in [-0.4, -0.2) is 30.8 Å². The highest BCUT2D eigenvalue weighted by Gasteiger charge is 2.27. The first-order valence-corrected chi connectivity index (χ1v) is 9.03. The van der Waals surface area contributed by atoms with Gasteiger partial charge >= 0.3 is 0 Å². The number of aromatic nitrogens is 1. The van der Waals surface area contributed by atoms with Gasteiger partial charge in [0.15, 0.2) is 0 Å². The van der Waals surface area contributed by atoms with Crippen LogP contribution in [0.3, 0.4) is 0 Å². The maximum absolute atomic E-state index is 13.8. The van der Waals surface area contributed by atoms with Gasteiger partial charge in [0.25, 0.3) is 0 Å². The van der Waals surface area contributed by atoms with Crippen LogP contribution in [0.25, 0.3) is 0 Å². The van der Waals surface area contributed by atoms with Gasteiger partial charge in [-0.15, -0.1) is 0 Å². The number of benzene rings is 1. The maximum atomic E-state index is 13.8. The Labute approximate surface area is 141 Å². The Hall–Kier alpha value is -2.30. The molecule has 1 heterocycles. The molecule has 1 aromatic heterocycles. The van der Waals surface area contributed by atoms with Crippen molar-refractivity contribution in [3.05, 3.63) is 59.7 Å². The molecule has 7 heteroatoms. The summed E-state index contributed by atoms with van der Waals surface area (Å²) in [7, 11) is -3.96. The summed E-state index contributed by atoms with van der Waals surface area (Å²) >= 11 is 0. The molecule has 1 aromatic carbocycles. The molecule has 2 aromatic rings. The van der Waals surface area contributed by atoms with Gasteiger partial charge in [-0.05, 0) is 30.7 Å². The molecule has 126 valence electrons. The first-order chi connectivity index (χ1) is 11.5. The number of sulfonamides is 1. The van der Waals surface area contributed by atoms with Crippen LogP contribution >= 0.6 is 0 Å². The monoisotopic (exact) mass is 347 g/mol. The van der Waals surface area contributed by atoms with Crippen molar-refractivity contribution in [2.24, 2.45) is 0 Å². The number of nitriles is 1. The number of pyridine rings is 1. The molecule has 0 saturated carbocycles. The lowest BCUT2D eigenvalue weighted by molar-refractivity contribution is 0.411. The Bertz CT molecular complexity index is 833. The smallest absolute Gasteiger partial charge is 0.244 e. The molecule has 0 aliphatic heterocycles. The van der Waals surface area contributed by atoms with Crippen molar-refractivity contribution in [3.8, 4) is 6.07 Å². The molecule has 0 bridgehead atoms. The van der Waals surface area contributed by atoms with E-state index in [-0.39, 0.29) is 18.0 Å². The fourth-order valence-electron chi connectivity index (χ4n) is 2.35. The predicted molar refractivity (Wildman–Crippen MR) is 88.1 cm³/mol. The molecule has 0 amide bonds. The van der Waals surface area contributed by atoms with E-state index in [1.807, 2.05) is 19.1 Å². The second-order valence-corrected chi connectivity index (χ2v) is 7.11. The molecule has 24 heavy (non-hydrogen) atoms. The van der Waals surface area contributed by atoms with Gasteiger partial charge in [-0.25, -0.2) is 12.8 Å². The molecular formula is C17H18FN3O2S. The average Bonchev–Trinajstić information content (AvgIpc) is 2.59. The van der Waals surface area contributed by atoms with Crippen molar-refractivity contribution < 1.29 is 12.8 Å². The SMILES string of the molecule is CCCN(CCc1ccccn1)S(=O)(=O)c1cccc(F)c1C#N. The molecule has 0 saturated heterocycles. The van der Waals surface area contributed by atoms with Crippen molar-refractivity contribution in [1.29, 1.82) is 5.26 Å². The summed E-state index contributed by atoms with van der Waals surface area (Å²) in [5.41, 5.74) is 0.324. The van der Waals surface area contributed by atoms with E-state index in [0.29, 0.717) is 12.8 Å². The minimum atomic E-state index is -3.96. The standard InChI is InChI=1S/C17H18FN3O2S/c1-2-11-21(12-9-14-6-3-4-10-20-14)24(22,23)17-8-5-7-16(18)15(17)13-19/h3-8,10H,2,9,11-12H2,1H3. The zero-order valence-electron chi connectivity index (χ0n) is 13.3. The van der Waals surface area contributed by atoms with Gasteiger partial charge < -0.3 is 0 Å². The largest absolute Gasteiger partial charge is 0.261 e. The van der Waals surface area contributed by atoms with Gasteiger partial charge in [0.2, 0.25) is 10.0 Å². The zero-order valence-corrected chi connectivity index (χ0v) is 14.1. The van der Waals surface area contributed by atoms with Crippen molar-refractivity contribution in [1.82, 2.24) is 9.29 Å². The molecule has 0 aliphatic rings. The Morgan fingerprint density at radius 1 is 1.21 bits per heavy atom. The summed E-state index contributed by atoms with van der Waals surface area (Å²) in [6.45, 7) is 2.37. The molecule has 0 unspecified atom stereocenters. The lowest BCUT2D eigenvalue weighted by atomic mass is 10.2. The minimum absolute atomic E-state index is 0.217. The number of hydrogen-bond donors (Lipinski definition) is 0. The molecule has 0 radical (unpaired) electrons. The van der Waals surface area contributed by atoms with Crippen LogP contribution in [0.5, 0.6) is 0 Å². The molecule has 2 rings (SSSR count). The Balaban J connectivity index is 2.32. The van der Waals surface area contributed by atoms with E-state index in [4.69, 9.17) is 5.26 Å². The first-order valence-electron chi connectivity index (χ1n) is 7.59. The van der Waals surface area contributed by atoms with E-state index in [9.17, 15) is 12.8 Å². The van der Waals surface area contributed by atoms with Crippen LogP contribution in [0.4, 0.5) is 4.39 Å². The van der Waals surface area contributed by atoms with E-state index >= 15 is 0 Å². The van der Waals surface area contributed by atoms with Gasteiger partial charge in [-0.1, -0.05) is 19.1 Å². The lowest BCUT2D eigenvalue weighted by Gasteiger charge is -2.22. The Kier molecular flexibility index (Phi) is 6.01. The third-order valence-corrected chi connectivity index (χ3v) is 5.46. The third kappa shape index (κ3) is 3.96. The third-order valence-electron chi connectivity index (χ3n) is 3.52. The average molecular weight is 347 g/mol. The van der Waals surface area contributed by atoms with Crippen molar-refractivity contribution in [2.45, 2.75) is 24.7 Å². The first kappa shape index (κ1) is 18.0. The van der Waals surface area contributed by atoms with E-state index < -0.39 is 21.4 Å². The number of halogens is 1. The topological polar surface area (TPSA) is 74.1 Å². The van der Waals surface area contributed by atoms with Crippen molar-refractivity contribution in [2.75, 3.05) is 13.1 Å². The highest BCUT2D eigenvalue weighted by Crippen LogP contribution is 2.22. The van der Waals surface area contributed by atoms with Crippen molar-refractivity contribution in [3.63, 3.8) is 0 Å². The van der Waals surface area contributed by atoms with Crippen LogP contribution in [0.1, 0.15) is 24.6 Å². The van der Waals surface area contributed by atoms with E-state index in [2.05, 4.69) is 4.98 Å². The van der Waals surface area contributed by atoms with E-state index in [1.165, 1.54) is 16.4 Å². The van der Waals surface area contributed by atoms with E-state index in [0.717, 1.165) is 11.8 Å². The Morgan fingerprint density at radius 2 is 2.00 bits per heavy atom. The van der Waals surface area contributed by atoms with Crippen LogP contribution in [0, 0.1) is 17.1 Å². The summed E-state index contributed by atoms with van der Waals surface area (Å²) in [6, 6.07) is 10.7. The van der Waals surface area contributed by atoms with Gasteiger partial charge in [-0.3, -0.25) is 4.98 Å². The summed E-state index contributed by atoms with van der Waals surface area (Å²) in [6.07, 6.45) is 2.70. The minimum Gasteiger partial charge on any atom is -0.261 e. The lowest BCUT2D eigenvalue weighted by Crippen LogP contribution is -2.34. The van der Waals surface area contributed by atoms with Gasteiger partial charge in [0.05, 0.1) is 0 Å². The van der Waals surface area contributed by atoms with Crippen LogP contribution < -0.4 is 0 Å². The number of rotatable bonds is 7. The summed E-state index contributed by atoms with van der Waals surface area (Å²) in [5, 5.41) is 9.10. The fraction of sp³-hybridized carbons (Fsp3) is 0.294. The second-order valence-electron chi connectivity index (χ2n) is 5.20. The summed E-state index contributed by atoms with van der Waals surface area (Å²) in [4.78, 5) is 3.89. The highest BCUT2D eigenvalue weighted by atomic mass is 32.2. The molecule has 0 atom stereocenters. The summed E-state index contributed by atoms with van der Waals surface area (Å²) < 4.78 is 40.8. The second kappa shape index (κ2) is 7.99. The Morgan fingerprint density at radius 3 is 2.62 bits per heavy atom. The van der Waals surface area contributed by atoms with Crippen LogP contribution in [0.15, 0.2) is 47.5 Å². The van der Waals surface area contributed by atoms with E-state index in [1.54, 1.807) is 18.3 Å². The number of nitrogens with zero attached hydrogens (tertiary/aromatic N) is 3.